The molecule has 12 nitrogen and oxygen atoms in total. The van der Waals surface area contributed by atoms with Gasteiger partial charge in [-0.15, -0.1) is 0 Å². The maximum Gasteiger partial charge on any atom is 0.328 e. The molecule has 1 aromatic rings. The summed E-state index contributed by atoms with van der Waals surface area (Å²) in [6, 6.07) is 6.46. The average Bonchev–Trinajstić information content (AvgIpc) is 3.32. The fourth-order valence-electron chi connectivity index (χ4n) is 3.31. The van der Waals surface area contributed by atoms with Gasteiger partial charge in [0.1, 0.15) is 24.0 Å². The molecule has 0 bridgehead atoms. The quantitative estimate of drug-likeness (QED) is 0.294. The summed E-state index contributed by atoms with van der Waals surface area (Å²) < 4.78 is 25.0. The monoisotopic (exact) mass is 553 g/mol. The Kier molecular flexibility index (Phi) is 9.05. The van der Waals surface area contributed by atoms with Crippen LogP contribution in [-0.4, -0.2) is 63.7 Å². The topological polar surface area (TPSA) is 162 Å². The van der Waals surface area contributed by atoms with E-state index in [1.54, 1.807) is 20.8 Å². The number of esters is 2. The van der Waals surface area contributed by atoms with Crippen LogP contribution in [0.15, 0.2) is 30.6 Å². The Bertz CT molecular complexity index is 1480. The predicted molar refractivity (Wildman–Crippen MR) is 140 cm³/mol. The number of nitrogens with one attached hydrogen (secondary N) is 2. The van der Waals surface area contributed by atoms with Crippen LogP contribution in [0.2, 0.25) is 0 Å². The normalized spacial score (nSPS) is 11.7. The molecule has 2 amide bonds. The van der Waals surface area contributed by atoms with Gasteiger partial charge in [0.2, 0.25) is 11.8 Å². The molecular formula is C27H28FN5O7. The molecule has 1 aromatic carbocycles. The number of halogens is 1. The second-order valence-electron chi connectivity index (χ2n) is 9.62. The van der Waals surface area contributed by atoms with Crippen LogP contribution in [0.3, 0.4) is 0 Å². The van der Waals surface area contributed by atoms with E-state index in [4.69, 9.17) is 0 Å². The Labute approximate surface area is 229 Å². The van der Waals surface area contributed by atoms with Crippen LogP contribution in [0.25, 0.3) is 11.4 Å². The fraction of sp³-hybridized carbons (Fsp3) is 0.333. The Morgan fingerprint density at radius 1 is 1.15 bits per heavy atom. The lowest BCUT2D eigenvalue weighted by Gasteiger charge is -2.16. The van der Waals surface area contributed by atoms with Crippen molar-refractivity contribution in [2.24, 2.45) is 5.41 Å². The number of carbonyl (C=O) groups is 4. The molecule has 3 N–H and O–H groups in total. The summed E-state index contributed by atoms with van der Waals surface area (Å²) in [5, 5.41) is 15.6. The van der Waals surface area contributed by atoms with Gasteiger partial charge in [-0.05, 0) is 36.6 Å². The third kappa shape index (κ3) is 7.10. The van der Waals surface area contributed by atoms with Crippen LogP contribution in [0, 0.1) is 23.2 Å². The first-order valence-electron chi connectivity index (χ1n) is 12.0. The second kappa shape index (κ2) is 12.2. The van der Waals surface area contributed by atoms with Crippen molar-refractivity contribution in [2.75, 3.05) is 19.5 Å². The van der Waals surface area contributed by atoms with Crippen LogP contribution in [0.1, 0.15) is 49.5 Å². The molecule has 0 fully saturated rings. The third-order valence-electron chi connectivity index (χ3n) is 5.63. The van der Waals surface area contributed by atoms with Gasteiger partial charge < -0.3 is 25.2 Å². The van der Waals surface area contributed by atoms with Crippen molar-refractivity contribution < 1.29 is 38.1 Å². The van der Waals surface area contributed by atoms with E-state index in [-0.39, 0.29) is 53.0 Å². The van der Waals surface area contributed by atoms with Gasteiger partial charge >= 0.3 is 11.9 Å². The van der Waals surface area contributed by atoms with Crippen LogP contribution in [-0.2, 0) is 23.9 Å². The lowest BCUT2D eigenvalue weighted by Crippen LogP contribution is -2.42. The molecule has 0 aromatic heterocycles. The fourth-order valence-corrected chi connectivity index (χ4v) is 3.31. The Morgan fingerprint density at radius 3 is 2.50 bits per heavy atom. The van der Waals surface area contributed by atoms with Crippen molar-refractivity contribution in [2.45, 2.75) is 39.7 Å². The highest BCUT2D eigenvalue weighted by Gasteiger charge is 2.25. The van der Waals surface area contributed by atoms with E-state index in [2.05, 4.69) is 42.0 Å². The number of hydrogen-bond acceptors (Lipinski definition) is 9. The first kappa shape index (κ1) is 29.6. The highest BCUT2D eigenvalue weighted by molar-refractivity contribution is 5.97. The van der Waals surface area contributed by atoms with E-state index in [9.17, 15) is 28.7 Å². The molecule has 40 heavy (non-hydrogen) atoms. The highest BCUT2D eigenvalue weighted by atomic mass is 19.1. The molecule has 0 radical (unpaired) electrons. The molecule has 0 saturated heterocycles. The van der Waals surface area contributed by atoms with E-state index in [0.717, 1.165) is 17.7 Å². The maximum absolute atomic E-state index is 14.8. The molecule has 1 atom stereocenters. The SMILES string of the molecule is COC(=O)CC[C@H](NC(=O)c1ccc(C#Cn2cnc3nc(NC(=O)C(C)(C)C)cc-3c2O)cc1F)C(=O)OC. The Balaban J connectivity index is 1.77. The number of aromatic nitrogens is 3. The minimum atomic E-state index is -1.19. The summed E-state index contributed by atoms with van der Waals surface area (Å²) in [7, 11) is 2.31. The largest absolute Gasteiger partial charge is 0.493 e. The van der Waals surface area contributed by atoms with E-state index in [0.29, 0.717) is 0 Å². The lowest BCUT2D eigenvalue weighted by molar-refractivity contribution is -0.144. The second-order valence-corrected chi connectivity index (χ2v) is 9.62. The van der Waals surface area contributed by atoms with E-state index in [1.807, 2.05) is 0 Å². The number of nitrogens with zero attached hydrogens (tertiary/aromatic N) is 3. The molecule has 2 heterocycles. The molecule has 13 heteroatoms. The van der Waals surface area contributed by atoms with Gasteiger partial charge in [0.05, 0.1) is 25.3 Å². The zero-order valence-electron chi connectivity index (χ0n) is 22.5. The molecule has 2 aliphatic rings. The molecule has 210 valence electrons. The standard InChI is InChI=1S/C27H28FN5O7/c1-27(2,3)26(38)32-20-13-17-22(31-20)29-14-33(24(17)36)11-10-15-6-7-16(18(28)12-15)23(35)30-19(25(37)40-5)8-9-21(34)39-4/h6-7,12-14,19,36H,8-9H2,1-5H3,(H,30,35)(H,32,38)/t19-/m0/s1. The molecule has 0 spiro atoms. The number of amides is 2. The summed E-state index contributed by atoms with van der Waals surface area (Å²) in [5.74, 6) is -0.665. The van der Waals surface area contributed by atoms with Crippen LogP contribution in [0.4, 0.5) is 10.2 Å². The number of methoxy groups -OCH3 is 2. The van der Waals surface area contributed by atoms with E-state index < -0.39 is 35.1 Å². The predicted octanol–water partition coefficient (Wildman–Crippen LogP) is 2.29. The number of anilines is 1. The van der Waals surface area contributed by atoms with Crippen molar-refractivity contribution in [3.63, 3.8) is 0 Å². The number of aromatic hydroxyl groups is 1. The van der Waals surface area contributed by atoms with Crippen molar-refractivity contribution in [1.29, 1.82) is 0 Å². The van der Waals surface area contributed by atoms with Crippen molar-refractivity contribution >= 4 is 29.6 Å². The average molecular weight is 554 g/mol. The highest BCUT2D eigenvalue weighted by Crippen LogP contribution is 2.31. The number of fused-ring (bicyclic) bond motifs is 1. The van der Waals surface area contributed by atoms with Crippen LogP contribution < -0.4 is 10.6 Å². The van der Waals surface area contributed by atoms with Gasteiger partial charge in [-0.3, -0.25) is 14.4 Å². The Hall–Kier alpha value is -4.99. The van der Waals surface area contributed by atoms with Crippen molar-refractivity contribution in [1.82, 2.24) is 19.9 Å². The van der Waals surface area contributed by atoms with Crippen LogP contribution >= 0.6 is 0 Å². The van der Waals surface area contributed by atoms with Gasteiger partial charge in [-0.25, -0.2) is 23.7 Å². The Morgan fingerprint density at radius 2 is 1.88 bits per heavy atom. The van der Waals surface area contributed by atoms with E-state index in [1.165, 1.54) is 31.6 Å². The van der Waals surface area contributed by atoms with Gasteiger partial charge in [-0.2, -0.15) is 0 Å². The van der Waals surface area contributed by atoms with Gasteiger partial charge in [0.25, 0.3) is 5.91 Å². The van der Waals surface area contributed by atoms with Crippen molar-refractivity contribution in [3.8, 4) is 29.2 Å². The molecule has 0 unspecified atom stereocenters. The zero-order chi connectivity index (χ0) is 29.6. The zero-order valence-corrected chi connectivity index (χ0v) is 22.5. The maximum atomic E-state index is 14.8. The lowest BCUT2D eigenvalue weighted by atomic mass is 9.96. The van der Waals surface area contributed by atoms with Gasteiger partial charge in [0, 0.05) is 23.4 Å². The smallest absolute Gasteiger partial charge is 0.328 e. The third-order valence-corrected chi connectivity index (χ3v) is 5.63. The molecular weight excluding hydrogens is 525 g/mol. The number of carbonyl (C=O) groups excluding carboxylic acids is 4. The number of ether oxygens (including phenoxy) is 2. The van der Waals surface area contributed by atoms with Gasteiger partial charge in [0.15, 0.2) is 5.82 Å². The summed E-state index contributed by atoms with van der Waals surface area (Å²) in [6.45, 7) is 5.25. The minimum Gasteiger partial charge on any atom is -0.493 e. The summed E-state index contributed by atoms with van der Waals surface area (Å²) in [6.07, 6.45) is 0.956. The van der Waals surface area contributed by atoms with E-state index >= 15 is 0 Å². The molecule has 3 rings (SSSR count). The first-order chi connectivity index (χ1) is 18.8. The van der Waals surface area contributed by atoms with Crippen LogP contribution in [0.5, 0.6) is 5.88 Å². The number of hydrogen-bond donors (Lipinski definition) is 3. The molecule has 2 aliphatic heterocycles. The number of benzene rings is 1. The van der Waals surface area contributed by atoms with Gasteiger partial charge in [-0.1, -0.05) is 20.8 Å². The summed E-state index contributed by atoms with van der Waals surface area (Å²) in [4.78, 5) is 56.5. The molecule has 0 aliphatic carbocycles. The molecule has 0 saturated carbocycles. The summed E-state index contributed by atoms with van der Waals surface area (Å²) in [5.41, 5.74) is -0.587. The summed E-state index contributed by atoms with van der Waals surface area (Å²) >= 11 is 0. The first-order valence-corrected chi connectivity index (χ1v) is 12.0. The number of rotatable bonds is 7. The van der Waals surface area contributed by atoms with Crippen molar-refractivity contribution in [3.05, 3.63) is 47.5 Å². The minimum absolute atomic E-state index is 0.0985.